The van der Waals surface area contributed by atoms with Crippen LogP contribution in [0.4, 0.5) is 0 Å². The van der Waals surface area contributed by atoms with Gasteiger partial charge in [-0.25, -0.2) is 0 Å². The molecule has 0 aliphatic heterocycles. The minimum Gasteiger partial charge on any atom is -0.303 e. The number of hydrogen-bond acceptors (Lipinski definition) is 1. The van der Waals surface area contributed by atoms with Gasteiger partial charge in [-0.2, -0.15) is 0 Å². The first-order chi connectivity index (χ1) is 4.58. The first-order valence-electron chi connectivity index (χ1n) is 4.03. The van der Waals surface area contributed by atoms with Crippen molar-refractivity contribution in [3.8, 4) is 0 Å². The van der Waals surface area contributed by atoms with Gasteiger partial charge >= 0.3 is 0 Å². The van der Waals surface area contributed by atoms with Crippen molar-refractivity contribution in [2.24, 2.45) is 17.3 Å². The van der Waals surface area contributed by atoms with Crippen LogP contribution in [0.25, 0.3) is 0 Å². The topological polar surface area (TPSA) is 17.1 Å². The molecule has 1 aliphatic carbocycles. The van der Waals surface area contributed by atoms with Crippen LogP contribution in [0, 0.1) is 17.3 Å². The van der Waals surface area contributed by atoms with Crippen LogP contribution in [0.2, 0.25) is 0 Å². The van der Waals surface area contributed by atoms with Crippen molar-refractivity contribution in [1.29, 1.82) is 0 Å². The van der Waals surface area contributed by atoms with E-state index < -0.39 is 0 Å². The number of rotatable bonds is 1. The average molecular weight is 140 g/mol. The van der Waals surface area contributed by atoms with E-state index in [4.69, 9.17) is 0 Å². The Kier molecular flexibility index (Phi) is 1.84. The van der Waals surface area contributed by atoms with Gasteiger partial charge in [0.05, 0.1) is 0 Å². The second-order valence-electron chi connectivity index (χ2n) is 4.17. The molecule has 1 aliphatic rings. The first-order valence-corrected chi connectivity index (χ1v) is 4.03. The van der Waals surface area contributed by atoms with Gasteiger partial charge in [0, 0.05) is 5.92 Å². The fourth-order valence-electron chi connectivity index (χ4n) is 2.03. The highest BCUT2D eigenvalue weighted by Gasteiger charge is 2.39. The highest BCUT2D eigenvalue weighted by atomic mass is 16.1. The Labute approximate surface area is 62.8 Å². The maximum absolute atomic E-state index is 10.6. The van der Waals surface area contributed by atoms with E-state index >= 15 is 0 Å². The molecule has 0 bridgehead atoms. The Balaban J connectivity index is 2.72. The second-order valence-corrected chi connectivity index (χ2v) is 4.17. The van der Waals surface area contributed by atoms with Crippen LogP contribution >= 0.6 is 0 Å². The SMILES string of the molecule is CC1CCC(C)(C)C1C=O. The van der Waals surface area contributed by atoms with Crippen LogP contribution in [0.1, 0.15) is 33.6 Å². The van der Waals surface area contributed by atoms with Gasteiger partial charge in [-0.1, -0.05) is 20.8 Å². The van der Waals surface area contributed by atoms with Crippen LogP contribution in [0.3, 0.4) is 0 Å². The number of carbonyl (C=O) groups excluding carboxylic acids is 1. The molecule has 2 atom stereocenters. The molecule has 0 aromatic heterocycles. The lowest BCUT2D eigenvalue weighted by atomic mass is 9.80. The lowest BCUT2D eigenvalue weighted by Gasteiger charge is -2.23. The monoisotopic (exact) mass is 140 g/mol. The molecule has 0 aromatic carbocycles. The Morgan fingerprint density at radius 1 is 1.50 bits per heavy atom. The largest absolute Gasteiger partial charge is 0.303 e. The predicted molar refractivity (Wildman–Crippen MR) is 41.7 cm³/mol. The molecular formula is C9H16O. The van der Waals surface area contributed by atoms with Gasteiger partial charge in [0.2, 0.25) is 0 Å². The lowest BCUT2D eigenvalue weighted by Crippen LogP contribution is -2.21. The van der Waals surface area contributed by atoms with Crippen LogP contribution in [0.5, 0.6) is 0 Å². The highest BCUT2D eigenvalue weighted by Crippen LogP contribution is 2.44. The van der Waals surface area contributed by atoms with E-state index in [-0.39, 0.29) is 5.41 Å². The standard InChI is InChI=1S/C9H16O/c1-7-4-5-9(2,3)8(7)6-10/h6-8H,4-5H2,1-3H3. The average Bonchev–Trinajstić information content (AvgIpc) is 2.07. The minimum absolute atomic E-state index is 0.265. The summed E-state index contributed by atoms with van der Waals surface area (Å²) in [7, 11) is 0. The zero-order valence-corrected chi connectivity index (χ0v) is 7.05. The summed E-state index contributed by atoms with van der Waals surface area (Å²) in [4.78, 5) is 10.6. The van der Waals surface area contributed by atoms with Gasteiger partial charge < -0.3 is 4.79 Å². The van der Waals surface area contributed by atoms with Crippen LogP contribution in [0.15, 0.2) is 0 Å². The lowest BCUT2D eigenvalue weighted by molar-refractivity contribution is -0.114. The fourth-order valence-corrected chi connectivity index (χ4v) is 2.03. The van der Waals surface area contributed by atoms with Crippen molar-refractivity contribution in [1.82, 2.24) is 0 Å². The molecular weight excluding hydrogens is 124 g/mol. The third kappa shape index (κ3) is 1.09. The van der Waals surface area contributed by atoms with E-state index in [0.29, 0.717) is 11.8 Å². The molecule has 10 heavy (non-hydrogen) atoms. The van der Waals surface area contributed by atoms with E-state index in [1.165, 1.54) is 12.8 Å². The molecule has 0 saturated heterocycles. The summed E-state index contributed by atoms with van der Waals surface area (Å²) < 4.78 is 0. The molecule has 1 fully saturated rings. The fraction of sp³-hybridized carbons (Fsp3) is 0.889. The molecule has 2 unspecified atom stereocenters. The molecule has 0 heterocycles. The Bertz CT molecular complexity index is 138. The summed E-state index contributed by atoms with van der Waals surface area (Å²) in [5.74, 6) is 0.903. The molecule has 0 spiro atoms. The zero-order chi connectivity index (χ0) is 7.78. The van der Waals surface area contributed by atoms with E-state index in [1.807, 2.05) is 0 Å². The molecule has 1 saturated carbocycles. The van der Waals surface area contributed by atoms with Crippen molar-refractivity contribution >= 4 is 6.29 Å². The van der Waals surface area contributed by atoms with Gasteiger partial charge in [-0.15, -0.1) is 0 Å². The number of carbonyl (C=O) groups is 1. The summed E-state index contributed by atoms with van der Waals surface area (Å²) in [6.45, 7) is 6.55. The van der Waals surface area contributed by atoms with Gasteiger partial charge in [-0.3, -0.25) is 0 Å². The second kappa shape index (κ2) is 2.37. The summed E-state index contributed by atoms with van der Waals surface area (Å²) in [6, 6.07) is 0. The highest BCUT2D eigenvalue weighted by molar-refractivity contribution is 5.56. The quantitative estimate of drug-likeness (QED) is 0.510. The van der Waals surface area contributed by atoms with Gasteiger partial charge in [0.15, 0.2) is 0 Å². The molecule has 1 nitrogen and oxygen atoms in total. The molecule has 0 aromatic rings. The van der Waals surface area contributed by atoms with Crippen molar-refractivity contribution in [3.05, 3.63) is 0 Å². The summed E-state index contributed by atoms with van der Waals surface area (Å²) >= 11 is 0. The van der Waals surface area contributed by atoms with E-state index in [9.17, 15) is 4.79 Å². The maximum atomic E-state index is 10.6. The first kappa shape index (κ1) is 7.77. The predicted octanol–water partition coefficient (Wildman–Crippen LogP) is 2.26. The van der Waals surface area contributed by atoms with Gasteiger partial charge in [0.1, 0.15) is 6.29 Å². The van der Waals surface area contributed by atoms with E-state index in [0.717, 1.165) is 6.29 Å². The van der Waals surface area contributed by atoms with Crippen molar-refractivity contribution in [3.63, 3.8) is 0 Å². The van der Waals surface area contributed by atoms with Crippen LogP contribution < -0.4 is 0 Å². The Hall–Kier alpha value is -0.330. The van der Waals surface area contributed by atoms with Crippen LogP contribution in [-0.4, -0.2) is 6.29 Å². The van der Waals surface area contributed by atoms with Crippen molar-refractivity contribution in [2.45, 2.75) is 33.6 Å². The molecule has 0 amide bonds. The van der Waals surface area contributed by atoms with E-state index in [2.05, 4.69) is 20.8 Å². The van der Waals surface area contributed by atoms with Gasteiger partial charge in [-0.05, 0) is 24.2 Å². The van der Waals surface area contributed by atoms with Gasteiger partial charge in [0.25, 0.3) is 0 Å². The maximum Gasteiger partial charge on any atom is 0.123 e. The molecule has 1 heteroatoms. The normalized spacial score (nSPS) is 37.9. The van der Waals surface area contributed by atoms with Crippen molar-refractivity contribution in [2.75, 3.05) is 0 Å². The minimum atomic E-state index is 0.265. The molecule has 0 N–H and O–H groups in total. The van der Waals surface area contributed by atoms with Crippen molar-refractivity contribution < 1.29 is 4.79 Å². The molecule has 58 valence electrons. The van der Waals surface area contributed by atoms with Crippen LogP contribution in [-0.2, 0) is 4.79 Å². The third-order valence-corrected chi connectivity index (χ3v) is 2.91. The summed E-state index contributed by atoms with van der Waals surface area (Å²) in [6.07, 6.45) is 3.56. The third-order valence-electron chi connectivity index (χ3n) is 2.91. The smallest absolute Gasteiger partial charge is 0.123 e. The summed E-state index contributed by atoms with van der Waals surface area (Å²) in [5, 5.41) is 0. The van der Waals surface area contributed by atoms with E-state index in [1.54, 1.807) is 0 Å². The Morgan fingerprint density at radius 2 is 2.10 bits per heavy atom. The molecule has 1 rings (SSSR count). The zero-order valence-electron chi connectivity index (χ0n) is 7.05. The number of hydrogen-bond donors (Lipinski definition) is 0. The number of aldehydes is 1. The summed E-state index contributed by atoms with van der Waals surface area (Å²) in [5.41, 5.74) is 0.265. The molecule has 0 radical (unpaired) electrons. The Morgan fingerprint density at radius 3 is 2.30 bits per heavy atom.